The summed E-state index contributed by atoms with van der Waals surface area (Å²) < 4.78 is 76.7. The number of ketones is 2. The topological polar surface area (TPSA) is 288 Å². The molecule has 0 heterocycles. The van der Waals surface area contributed by atoms with Crippen LogP contribution >= 0.6 is 10.7 Å². The van der Waals surface area contributed by atoms with E-state index in [1.54, 1.807) is 76.2 Å². The molecule has 1 aromatic carbocycles. The van der Waals surface area contributed by atoms with Crippen LogP contribution in [0.3, 0.4) is 0 Å². The van der Waals surface area contributed by atoms with Gasteiger partial charge < -0.3 is 35.3 Å². The zero-order valence-electron chi connectivity index (χ0n) is 39.0. The molecule has 2 amide bonds. The van der Waals surface area contributed by atoms with E-state index >= 15 is 0 Å². The van der Waals surface area contributed by atoms with Crippen molar-refractivity contribution in [3.05, 3.63) is 35.9 Å². The summed E-state index contributed by atoms with van der Waals surface area (Å²) >= 11 is 0. The highest BCUT2D eigenvalue weighted by atomic mass is 35.7. The van der Waals surface area contributed by atoms with Crippen molar-refractivity contribution in [3.8, 4) is 0 Å². The SMILES string of the molecule is C.CCC(=O)C(C)(C)COS(=O)(=O)N[C@H](C)[C@@H](NC(=O)OC(C)(C)C)C(C)=O.CCOC(=O)C(C)(C)COS(=O)(=O)Cl.C[C@@H](N)[C@H](NC(=O)OC(C)(C)C)C(=O)OCc1ccccc1. The van der Waals surface area contributed by atoms with Gasteiger partial charge in [-0.15, -0.1) is 0 Å². The van der Waals surface area contributed by atoms with Crippen molar-refractivity contribution < 1.29 is 72.9 Å². The summed E-state index contributed by atoms with van der Waals surface area (Å²) in [7, 11) is -3.47. The first-order chi connectivity index (χ1) is 28.4. The number of benzene rings is 1. The van der Waals surface area contributed by atoms with E-state index in [1.807, 2.05) is 30.3 Å². The van der Waals surface area contributed by atoms with Gasteiger partial charge in [-0.3, -0.25) is 22.7 Å². The highest BCUT2D eigenvalue weighted by molar-refractivity contribution is 8.10. The summed E-state index contributed by atoms with van der Waals surface area (Å²) in [5, 5.41) is 4.80. The predicted octanol–water partition coefficient (Wildman–Crippen LogP) is 5.40. The van der Waals surface area contributed by atoms with Crippen molar-refractivity contribution in [1.29, 1.82) is 0 Å². The molecular formula is C41H73ClN4O16S2. The van der Waals surface area contributed by atoms with Crippen molar-refractivity contribution in [1.82, 2.24) is 15.4 Å². The van der Waals surface area contributed by atoms with Gasteiger partial charge in [0, 0.05) is 34.6 Å². The van der Waals surface area contributed by atoms with Gasteiger partial charge in [0.1, 0.15) is 35.7 Å². The largest absolute Gasteiger partial charge is 0.466 e. The molecule has 0 aromatic heterocycles. The van der Waals surface area contributed by atoms with E-state index in [0.717, 1.165) is 5.56 Å². The van der Waals surface area contributed by atoms with E-state index in [0.29, 0.717) is 0 Å². The van der Waals surface area contributed by atoms with Gasteiger partial charge in [0.05, 0.1) is 25.2 Å². The van der Waals surface area contributed by atoms with E-state index in [-0.39, 0.29) is 46.1 Å². The number of ether oxygens (including phenoxy) is 4. The molecule has 5 N–H and O–H groups in total. The number of rotatable bonds is 20. The summed E-state index contributed by atoms with van der Waals surface area (Å²) in [6, 6.07) is 5.56. The fraction of sp³-hybridized carbons (Fsp3) is 0.707. The Morgan fingerprint density at radius 3 is 1.56 bits per heavy atom. The van der Waals surface area contributed by atoms with Gasteiger partial charge in [0.25, 0.3) is 0 Å². The standard InChI is InChI=1S/C17H32N2O7S.C16H24N2O4.C7H13ClO5S.CH4/c1-9-13(21)17(7,8)10-25-27(23,24)19-11(2)14(12(3)20)18-15(22)26-16(4,5)6;1-11(17)13(18-15(20)22-16(2,3)4)14(19)21-10-12-8-6-5-7-9-12;1-4-12-6(9)7(2,3)5-13-14(8,10)11;/h11,14,19H,9-10H2,1-8H3,(H,18,22);5-9,11,13H,10,17H2,1-4H3,(H,18,20);4-5H2,1-3H3;1H4/t11-,14-;11-,13+;;/m11../s1. The Balaban J connectivity index is -0.000000907. The Morgan fingerprint density at radius 1 is 0.719 bits per heavy atom. The Morgan fingerprint density at radius 2 is 1.17 bits per heavy atom. The summed E-state index contributed by atoms with van der Waals surface area (Å²) in [5.41, 5.74) is 3.18. The number of hydrogen-bond donors (Lipinski definition) is 4. The molecule has 0 unspecified atom stereocenters. The molecule has 0 bridgehead atoms. The molecule has 0 aliphatic heterocycles. The third kappa shape index (κ3) is 30.3. The molecule has 0 saturated heterocycles. The van der Waals surface area contributed by atoms with E-state index in [1.165, 1.54) is 27.7 Å². The fourth-order valence-electron chi connectivity index (χ4n) is 4.39. The highest BCUT2D eigenvalue weighted by Gasteiger charge is 2.34. The lowest BCUT2D eigenvalue weighted by molar-refractivity contribution is -0.155. The average Bonchev–Trinajstić information content (AvgIpc) is 3.12. The van der Waals surface area contributed by atoms with E-state index in [2.05, 4.69) is 19.5 Å². The molecule has 0 fully saturated rings. The van der Waals surface area contributed by atoms with Gasteiger partial charge in [-0.05, 0) is 88.6 Å². The third-order valence-corrected chi connectivity index (χ3v) is 9.41. The molecule has 0 radical (unpaired) electrons. The van der Waals surface area contributed by atoms with Crippen LogP contribution in [-0.4, -0.2) is 108 Å². The Bertz CT molecular complexity index is 1860. The maximum absolute atomic E-state index is 12.1. The van der Waals surface area contributed by atoms with Gasteiger partial charge in [-0.25, -0.2) is 14.4 Å². The number of carbonyl (C=O) groups is 6. The molecule has 1 rings (SSSR count). The summed E-state index contributed by atoms with van der Waals surface area (Å²) in [5.74, 6) is -1.72. The van der Waals surface area contributed by atoms with Crippen molar-refractivity contribution in [3.63, 3.8) is 0 Å². The maximum Gasteiger partial charge on any atom is 0.408 e. The van der Waals surface area contributed by atoms with Gasteiger partial charge >= 0.3 is 43.8 Å². The fourth-order valence-corrected chi connectivity index (χ4v) is 6.07. The predicted molar refractivity (Wildman–Crippen MR) is 241 cm³/mol. The third-order valence-electron chi connectivity index (χ3n) is 7.66. The zero-order valence-corrected chi connectivity index (χ0v) is 41.4. The number of Topliss-reactive ketones (excluding diaryl/α,β-unsaturated/α-hetero) is 2. The monoisotopic (exact) mass is 976 g/mol. The van der Waals surface area contributed by atoms with Crippen molar-refractivity contribution in [2.24, 2.45) is 16.6 Å². The molecule has 1 aromatic rings. The number of hydrogen-bond acceptors (Lipinski definition) is 17. The summed E-state index contributed by atoms with van der Waals surface area (Å²) in [4.78, 5) is 70.6. The molecule has 20 nitrogen and oxygen atoms in total. The smallest absolute Gasteiger partial charge is 0.408 e. The van der Waals surface area contributed by atoms with Gasteiger partial charge in [0.2, 0.25) is 0 Å². The van der Waals surface area contributed by atoms with E-state index < -0.39 is 95.7 Å². The number of esters is 2. The summed E-state index contributed by atoms with van der Waals surface area (Å²) in [6.07, 6.45) is -1.29. The maximum atomic E-state index is 12.1. The Hall–Kier alpha value is -3.93. The molecule has 372 valence electrons. The first-order valence-electron chi connectivity index (χ1n) is 19.8. The Labute approximate surface area is 384 Å². The number of alkyl carbamates (subject to hydrolysis) is 2. The first kappa shape index (κ1) is 64.4. The molecule has 0 aliphatic carbocycles. The number of nitrogens with two attached hydrogens (primary N) is 1. The van der Waals surface area contributed by atoms with Crippen LogP contribution in [-0.2, 0) is 72.7 Å². The molecule has 23 heteroatoms. The molecular weight excluding hydrogens is 904 g/mol. The zero-order chi connectivity index (χ0) is 49.8. The Kier molecular flexibility index (Phi) is 28.3. The summed E-state index contributed by atoms with van der Waals surface area (Å²) in [6.45, 7) is 23.6. The van der Waals surface area contributed by atoms with Crippen LogP contribution < -0.4 is 21.1 Å². The normalized spacial score (nSPS) is 13.8. The van der Waals surface area contributed by atoms with Crippen LogP contribution in [0.5, 0.6) is 0 Å². The quantitative estimate of drug-likeness (QED) is 0.0723. The number of amides is 2. The van der Waals surface area contributed by atoms with Crippen LogP contribution in [0.15, 0.2) is 30.3 Å². The van der Waals surface area contributed by atoms with Crippen molar-refractivity contribution in [2.75, 3.05) is 19.8 Å². The van der Waals surface area contributed by atoms with Crippen LogP contribution in [0, 0.1) is 10.8 Å². The lowest BCUT2D eigenvalue weighted by atomic mass is 9.88. The van der Waals surface area contributed by atoms with Crippen molar-refractivity contribution in [2.45, 2.75) is 160 Å². The van der Waals surface area contributed by atoms with Gasteiger partial charge in [-0.2, -0.15) is 21.6 Å². The lowest BCUT2D eigenvalue weighted by Crippen LogP contribution is -2.54. The average molecular weight is 978 g/mol. The highest BCUT2D eigenvalue weighted by Crippen LogP contribution is 2.21. The van der Waals surface area contributed by atoms with E-state index in [4.69, 9.17) is 39.5 Å². The number of halogens is 1. The van der Waals surface area contributed by atoms with Crippen LogP contribution in [0.25, 0.3) is 0 Å². The second-order valence-corrected chi connectivity index (χ2v) is 20.9. The molecule has 64 heavy (non-hydrogen) atoms. The van der Waals surface area contributed by atoms with Crippen LogP contribution in [0.4, 0.5) is 9.59 Å². The van der Waals surface area contributed by atoms with Crippen LogP contribution in [0.1, 0.15) is 123 Å². The molecule has 0 spiro atoms. The van der Waals surface area contributed by atoms with Gasteiger partial charge in [-0.1, -0.05) is 58.5 Å². The van der Waals surface area contributed by atoms with E-state index in [9.17, 15) is 45.6 Å². The van der Waals surface area contributed by atoms with Crippen LogP contribution in [0.2, 0.25) is 0 Å². The minimum atomic E-state index is -4.25. The minimum Gasteiger partial charge on any atom is -0.466 e. The molecule has 0 aliphatic rings. The minimum absolute atomic E-state index is 0. The van der Waals surface area contributed by atoms with Gasteiger partial charge in [0.15, 0.2) is 5.78 Å². The lowest BCUT2D eigenvalue weighted by Gasteiger charge is -2.27. The molecule has 0 saturated carbocycles. The molecule has 4 atom stereocenters. The second kappa shape index (κ2) is 28.2. The first-order valence-corrected chi connectivity index (χ1v) is 23.4. The number of carbonyl (C=O) groups excluding carboxylic acids is 6. The van der Waals surface area contributed by atoms with Crippen molar-refractivity contribution >= 4 is 66.0 Å². The number of nitrogens with one attached hydrogen (secondary N) is 3. The second-order valence-electron chi connectivity index (χ2n) is 17.4.